The zero-order valence-corrected chi connectivity index (χ0v) is 19.3. The second-order valence-corrected chi connectivity index (χ2v) is 10.3. The molecular formula is C23H27N3O2S2. The maximum atomic E-state index is 12.8. The molecule has 0 atom stereocenters. The Bertz CT molecular complexity index is 1010. The average molecular weight is 442 g/mol. The fourth-order valence-electron chi connectivity index (χ4n) is 3.60. The number of ether oxygens (including phenoxy) is 1. The van der Waals surface area contributed by atoms with Crippen molar-refractivity contribution in [1.82, 2.24) is 9.88 Å². The van der Waals surface area contributed by atoms with Crippen molar-refractivity contribution in [3.05, 3.63) is 48.0 Å². The predicted molar refractivity (Wildman–Crippen MR) is 126 cm³/mol. The third-order valence-electron chi connectivity index (χ3n) is 5.14. The summed E-state index contributed by atoms with van der Waals surface area (Å²) in [5, 5.41) is 1.56. The van der Waals surface area contributed by atoms with E-state index < -0.39 is 0 Å². The Kier molecular flexibility index (Phi) is 6.49. The summed E-state index contributed by atoms with van der Waals surface area (Å²) in [7, 11) is 1.68. The Labute approximate surface area is 186 Å². The van der Waals surface area contributed by atoms with E-state index >= 15 is 0 Å². The average Bonchev–Trinajstić information content (AvgIpc) is 3.19. The van der Waals surface area contributed by atoms with Gasteiger partial charge in [-0.25, -0.2) is 4.98 Å². The number of piperazine rings is 1. The standard InChI is InChI=1S/C23H27N3O2S2/c1-16(2)29-18-9-7-17(8-10-18)15-21(27)25-11-13-26(14-12-25)23-24-22-19(28-3)5-4-6-20(22)30-23/h4-10,16H,11-15H2,1-3H3. The summed E-state index contributed by atoms with van der Waals surface area (Å²) in [6.07, 6.45) is 0.463. The van der Waals surface area contributed by atoms with Gasteiger partial charge < -0.3 is 14.5 Å². The number of para-hydroxylation sites is 1. The molecule has 1 saturated heterocycles. The Hall–Kier alpha value is -2.25. The number of anilines is 1. The van der Waals surface area contributed by atoms with Gasteiger partial charge in [-0.1, -0.05) is 43.4 Å². The SMILES string of the molecule is COc1cccc2sc(N3CCN(C(=O)Cc4ccc(SC(C)C)cc4)CC3)nc12. The van der Waals surface area contributed by atoms with Gasteiger partial charge in [0.2, 0.25) is 5.91 Å². The smallest absolute Gasteiger partial charge is 0.227 e. The first-order chi connectivity index (χ1) is 14.5. The van der Waals surface area contributed by atoms with Crippen LogP contribution in [0.15, 0.2) is 47.4 Å². The fraction of sp³-hybridized carbons (Fsp3) is 0.391. The lowest BCUT2D eigenvalue weighted by Crippen LogP contribution is -2.49. The molecule has 1 aromatic heterocycles. The van der Waals surface area contributed by atoms with Gasteiger partial charge in [0, 0.05) is 36.3 Å². The van der Waals surface area contributed by atoms with Crippen LogP contribution < -0.4 is 9.64 Å². The number of nitrogens with zero attached hydrogens (tertiary/aromatic N) is 3. The van der Waals surface area contributed by atoms with Gasteiger partial charge in [0.25, 0.3) is 0 Å². The highest BCUT2D eigenvalue weighted by atomic mass is 32.2. The number of fused-ring (bicyclic) bond motifs is 1. The van der Waals surface area contributed by atoms with Crippen LogP contribution in [0.25, 0.3) is 10.2 Å². The van der Waals surface area contributed by atoms with Crippen LogP contribution in [0.3, 0.4) is 0 Å². The normalized spacial score (nSPS) is 14.5. The molecular weight excluding hydrogens is 414 g/mol. The molecule has 158 valence electrons. The number of thioether (sulfide) groups is 1. The summed E-state index contributed by atoms with van der Waals surface area (Å²) >= 11 is 3.52. The minimum absolute atomic E-state index is 0.199. The molecule has 0 N–H and O–H groups in total. The van der Waals surface area contributed by atoms with Crippen molar-refractivity contribution >= 4 is 44.4 Å². The van der Waals surface area contributed by atoms with Crippen molar-refractivity contribution in [2.75, 3.05) is 38.2 Å². The highest BCUT2D eigenvalue weighted by Crippen LogP contribution is 2.34. The highest BCUT2D eigenvalue weighted by molar-refractivity contribution is 7.99. The number of carbonyl (C=O) groups excluding carboxylic acids is 1. The summed E-state index contributed by atoms with van der Waals surface area (Å²) in [6, 6.07) is 14.4. The molecule has 0 radical (unpaired) electrons. The third-order valence-corrected chi connectivity index (χ3v) is 7.24. The molecule has 7 heteroatoms. The van der Waals surface area contributed by atoms with E-state index in [1.54, 1.807) is 18.4 Å². The zero-order chi connectivity index (χ0) is 21.1. The minimum atomic E-state index is 0.199. The van der Waals surface area contributed by atoms with Crippen LogP contribution in [0.2, 0.25) is 0 Å². The lowest BCUT2D eigenvalue weighted by molar-refractivity contribution is -0.130. The van der Waals surface area contributed by atoms with E-state index in [1.165, 1.54) is 4.90 Å². The number of benzene rings is 2. The topological polar surface area (TPSA) is 45.7 Å². The Morgan fingerprint density at radius 1 is 1.13 bits per heavy atom. The molecule has 0 spiro atoms. The second kappa shape index (κ2) is 9.27. The van der Waals surface area contributed by atoms with E-state index in [0.29, 0.717) is 11.7 Å². The quantitative estimate of drug-likeness (QED) is 0.519. The van der Waals surface area contributed by atoms with Gasteiger partial charge in [-0.2, -0.15) is 0 Å². The van der Waals surface area contributed by atoms with Crippen molar-refractivity contribution in [2.45, 2.75) is 30.4 Å². The number of hydrogen-bond donors (Lipinski definition) is 0. The van der Waals surface area contributed by atoms with Crippen molar-refractivity contribution in [1.29, 1.82) is 0 Å². The molecule has 0 bridgehead atoms. The monoisotopic (exact) mass is 441 g/mol. The maximum Gasteiger partial charge on any atom is 0.227 e. The van der Waals surface area contributed by atoms with Crippen molar-refractivity contribution in [3.63, 3.8) is 0 Å². The first-order valence-electron chi connectivity index (χ1n) is 10.3. The lowest BCUT2D eigenvalue weighted by Gasteiger charge is -2.34. The number of carbonyl (C=O) groups is 1. The van der Waals surface area contributed by atoms with Gasteiger partial charge in [-0.3, -0.25) is 4.79 Å². The highest BCUT2D eigenvalue weighted by Gasteiger charge is 2.23. The molecule has 1 aliphatic heterocycles. The minimum Gasteiger partial charge on any atom is -0.494 e. The molecule has 3 aromatic rings. The van der Waals surface area contributed by atoms with E-state index in [0.717, 1.165) is 52.8 Å². The molecule has 1 amide bonds. The lowest BCUT2D eigenvalue weighted by atomic mass is 10.1. The first-order valence-corrected chi connectivity index (χ1v) is 11.9. The van der Waals surface area contributed by atoms with Gasteiger partial charge in [-0.15, -0.1) is 11.8 Å². The van der Waals surface area contributed by atoms with Gasteiger partial charge in [0.05, 0.1) is 18.2 Å². The van der Waals surface area contributed by atoms with Crippen LogP contribution in [-0.2, 0) is 11.2 Å². The van der Waals surface area contributed by atoms with Gasteiger partial charge in [-0.05, 0) is 29.8 Å². The van der Waals surface area contributed by atoms with E-state index in [9.17, 15) is 4.79 Å². The first kappa shape index (κ1) is 21.0. The maximum absolute atomic E-state index is 12.8. The molecule has 0 unspecified atom stereocenters. The summed E-state index contributed by atoms with van der Waals surface area (Å²) in [5.74, 6) is 1.01. The summed E-state index contributed by atoms with van der Waals surface area (Å²) in [4.78, 5) is 23.1. The molecule has 30 heavy (non-hydrogen) atoms. The molecule has 5 nitrogen and oxygen atoms in total. The van der Waals surface area contributed by atoms with Crippen molar-refractivity contribution in [2.24, 2.45) is 0 Å². The molecule has 1 fully saturated rings. The number of rotatable bonds is 6. The van der Waals surface area contributed by atoms with E-state index in [4.69, 9.17) is 9.72 Å². The Morgan fingerprint density at radius 3 is 2.53 bits per heavy atom. The summed E-state index contributed by atoms with van der Waals surface area (Å²) in [5.41, 5.74) is 1.99. The van der Waals surface area contributed by atoms with Crippen molar-refractivity contribution < 1.29 is 9.53 Å². The predicted octanol–water partition coefficient (Wildman–Crippen LogP) is 4.70. The van der Waals surface area contributed by atoms with Crippen molar-refractivity contribution in [3.8, 4) is 5.75 Å². The van der Waals surface area contributed by atoms with Crippen LogP contribution in [0.1, 0.15) is 19.4 Å². The van der Waals surface area contributed by atoms with Gasteiger partial charge in [0.1, 0.15) is 11.3 Å². The van der Waals surface area contributed by atoms with Crippen LogP contribution >= 0.6 is 23.1 Å². The molecule has 4 rings (SSSR count). The number of methoxy groups -OCH3 is 1. The number of thiazole rings is 1. The molecule has 2 heterocycles. The Balaban J connectivity index is 1.34. The third kappa shape index (κ3) is 4.73. The van der Waals surface area contributed by atoms with Gasteiger partial charge >= 0.3 is 0 Å². The number of hydrogen-bond acceptors (Lipinski definition) is 6. The van der Waals surface area contributed by atoms with Gasteiger partial charge in [0.15, 0.2) is 5.13 Å². The van der Waals surface area contributed by atoms with Crippen LogP contribution in [-0.4, -0.2) is 54.3 Å². The fourth-order valence-corrected chi connectivity index (χ4v) is 5.48. The number of aromatic nitrogens is 1. The molecule has 2 aromatic carbocycles. The molecule has 0 aliphatic carbocycles. The molecule has 1 aliphatic rings. The van der Waals surface area contributed by atoms with E-state index in [-0.39, 0.29) is 5.91 Å². The summed E-state index contributed by atoms with van der Waals surface area (Å²) < 4.78 is 6.56. The Morgan fingerprint density at radius 2 is 1.87 bits per heavy atom. The number of amides is 1. The zero-order valence-electron chi connectivity index (χ0n) is 17.6. The van der Waals surface area contributed by atoms with Crippen LogP contribution in [0.5, 0.6) is 5.75 Å². The van der Waals surface area contributed by atoms with E-state index in [1.807, 2.05) is 28.8 Å². The second-order valence-electron chi connectivity index (χ2n) is 7.66. The van der Waals surface area contributed by atoms with Crippen LogP contribution in [0.4, 0.5) is 5.13 Å². The van der Waals surface area contributed by atoms with E-state index in [2.05, 4.69) is 49.1 Å². The van der Waals surface area contributed by atoms with Crippen LogP contribution in [0, 0.1) is 0 Å². The summed E-state index contributed by atoms with van der Waals surface area (Å²) in [6.45, 7) is 7.44. The largest absolute Gasteiger partial charge is 0.494 e. The molecule has 0 saturated carbocycles.